The van der Waals surface area contributed by atoms with Crippen LogP contribution in [0.25, 0.3) is 28.3 Å². The highest BCUT2D eigenvalue weighted by atomic mass is 15.3. The number of aromatic nitrogens is 4. The van der Waals surface area contributed by atoms with Crippen LogP contribution in [0.4, 0.5) is 0 Å². The first-order valence-corrected chi connectivity index (χ1v) is 7.16. The number of hydrogen-bond acceptors (Lipinski definition) is 3. The molecule has 4 nitrogen and oxygen atoms in total. The monoisotopic (exact) mass is 286 g/mol. The van der Waals surface area contributed by atoms with Crippen molar-refractivity contribution in [2.24, 2.45) is 0 Å². The van der Waals surface area contributed by atoms with Gasteiger partial charge in [-0.1, -0.05) is 60.7 Å². The molecule has 0 radical (unpaired) electrons. The molecule has 22 heavy (non-hydrogen) atoms. The minimum Gasteiger partial charge on any atom is -0.214 e. The van der Waals surface area contributed by atoms with Gasteiger partial charge in [-0.2, -0.15) is 5.10 Å². The van der Waals surface area contributed by atoms with E-state index in [0.717, 1.165) is 28.2 Å². The van der Waals surface area contributed by atoms with E-state index in [-0.39, 0.29) is 0 Å². The Morgan fingerprint density at radius 3 is 2.09 bits per heavy atom. The summed E-state index contributed by atoms with van der Waals surface area (Å²) < 4.78 is 1.75. The summed E-state index contributed by atoms with van der Waals surface area (Å²) in [5.41, 5.74) is 4.76. The van der Waals surface area contributed by atoms with Gasteiger partial charge in [0, 0.05) is 11.1 Å². The molecule has 0 spiro atoms. The molecular formula is C18H14N4. The average Bonchev–Trinajstić information content (AvgIpc) is 2.98. The van der Waals surface area contributed by atoms with Crippen LogP contribution in [0, 0.1) is 6.92 Å². The molecule has 0 unspecified atom stereocenters. The summed E-state index contributed by atoms with van der Waals surface area (Å²) >= 11 is 0. The van der Waals surface area contributed by atoms with Crippen molar-refractivity contribution in [3.8, 4) is 22.5 Å². The molecule has 4 aromatic rings. The van der Waals surface area contributed by atoms with Crippen molar-refractivity contribution >= 4 is 5.78 Å². The SMILES string of the molecule is Cc1nc2nc(-c3ccccc3)cn2nc1-c1ccccc1. The molecule has 0 aliphatic heterocycles. The number of aryl methyl sites for hydroxylation is 1. The van der Waals surface area contributed by atoms with Crippen molar-refractivity contribution in [1.82, 2.24) is 19.6 Å². The Morgan fingerprint density at radius 2 is 1.41 bits per heavy atom. The lowest BCUT2D eigenvalue weighted by Crippen LogP contribution is -2.00. The van der Waals surface area contributed by atoms with E-state index < -0.39 is 0 Å². The highest BCUT2D eigenvalue weighted by Crippen LogP contribution is 2.22. The predicted molar refractivity (Wildman–Crippen MR) is 86.4 cm³/mol. The third kappa shape index (κ3) is 2.15. The molecule has 0 atom stereocenters. The Morgan fingerprint density at radius 1 is 0.773 bits per heavy atom. The zero-order chi connectivity index (χ0) is 14.9. The third-order valence-electron chi connectivity index (χ3n) is 3.60. The van der Waals surface area contributed by atoms with Gasteiger partial charge in [-0.15, -0.1) is 0 Å². The first-order valence-electron chi connectivity index (χ1n) is 7.16. The van der Waals surface area contributed by atoms with Crippen LogP contribution in [-0.4, -0.2) is 19.6 Å². The lowest BCUT2D eigenvalue weighted by atomic mass is 10.1. The second kappa shape index (κ2) is 5.07. The highest BCUT2D eigenvalue weighted by molar-refractivity contribution is 5.64. The zero-order valence-corrected chi connectivity index (χ0v) is 12.1. The standard InChI is InChI=1S/C18H14N4/c1-13-17(15-10-6-3-7-11-15)21-22-12-16(20-18(22)19-13)14-8-4-2-5-9-14/h2-12H,1H3. The van der Waals surface area contributed by atoms with Gasteiger partial charge in [0.2, 0.25) is 0 Å². The number of nitrogens with zero attached hydrogens (tertiary/aromatic N) is 4. The molecule has 2 aromatic carbocycles. The van der Waals surface area contributed by atoms with Crippen molar-refractivity contribution < 1.29 is 0 Å². The number of benzene rings is 2. The third-order valence-corrected chi connectivity index (χ3v) is 3.60. The Labute approximate surface area is 128 Å². The Hall–Kier alpha value is -3.01. The summed E-state index contributed by atoms with van der Waals surface area (Å²) in [7, 11) is 0. The van der Waals surface area contributed by atoms with Crippen LogP contribution in [0.3, 0.4) is 0 Å². The molecule has 0 N–H and O–H groups in total. The summed E-state index contributed by atoms with van der Waals surface area (Å²) in [6, 6.07) is 20.1. The summed E-state index contributed by atoms with van der Waals surface area (Å²) in [4.78, 5) is 9.16. The number of fused-ring (bicyclic) bond motifs is 1. The fraction of sp³-hybridized carbons (Fsp3) is 0.0556. The summed E-state index contributed by atoms with van der Waals surface area (Å²) in [5.74, 6) is 0.621. The number of imidazole rings is 1. The topological polar surface area (TPSA) is 43.1 Å². The minimum atomic E-state index is 0.621. The maximum atomic E-state index is 4.68. The largest absolute Gasteiger partial charge is 0.251 e. The van der Waals surface area contributed by atoms with E-state index in [9.17, 15) is 0 Å². The van der Waals surface area contributed by atoms with Crippen LogP contribution in [0.2, 0.25) is 0 Å². The first kappa shape index (κ1) is 12.7. The maximum absolute atomic E-state index is 4.68. The normalized spacial score (nSPS) is 11.0. The maximum Gasteiger partial charge on any atom is 0.251 e. The molecule has 0 amide bonds. The first-order chi connectivity index (χ1) is 10.8. The summed E-state index contributed by atoms with van der Waals surface area (Å²) in [6.45, 7) is 1.96. The average molecular weight is 286 g/mol. The molecule has 0 saturated carbocycles. The lowest BCUT2D eigenvalue weighted by Gasteiger charge is -2.04. The van der Waals surface area contributed by atoms with E-state index in [2.05, 4.69) is 15.1 Å². The molecular weight excluding hydrogens is 272 g/mol. The van der Waals surface area contributed by atoms with Crippen LogP contribution < -0.4 is 0 Å². The Kier molecular flexibility index (Phi) is 2.93. The van der Waals surface area contributed by atoms with Gasteiger partial charge in [0.1, 0.15) is 5.69 Å². The van der Waals surface area contributed by atoms with E-state index >= 15 is 0 Å². The number of hydrogen-bond donors (Lipinski definition) is 0. The van der Waals surface area contributed by atoms with Crippen molar-refractivity contribution in [2.45, 2.75) is 6.92 Å². The molecule has 0 bridgehead atoms. The quantitative estimate of drug-likeness (QED) is 0.563. The molecule has 2 aromatic heterocycles. The van der Waals surface area contributed by atoms with Gasteiger partial charge >= 0.3 is 0 Å². The molecule has 106 valence electrons. The van der Waals surface area contributed by atoms with E-state index in [1.807, 2.05) is 73.8 Å². The zero-order valence-electron chi connectivity index (χ0n) is 12.1. The summed E-state index contributed by atoms with van der Waals surface area (Å²) in [5, 5.41) is 4.68. The molecule has 2 heterocycles. The van der Waals surface area contributed by atoms with Gasteiger partial charge in [0.25, 0.3) is 5.78 Å². The van der Waals surface area contributed by atoms with Crippen LogP contribution in [0.15, 0.2) is 66.9 Å². The van der Waals surface area contributed by atoms with E-state index in [1.165, 1.54) is 0 Å². The van der Waals surface area contributed by atoms with Crippen LogP contribution in [0.1, 0.15) is 5.69 Å². The molecule has 0 fully saturated rings. The fourth-order valence-electron chi connectivity index (χ4n) is 2.50. The second-order valence-electron chi connectivity index (χ2n) is 5.15. The van der Waals surface area contributed by atoms with Crippen LogP contribution >= 0.6 is 0 Å². The van der Waals surface area contributed by atoms with Crippen molar-refractivity contribution in [2.75, 3.05) is 0 Å². The molecule has 0 saturated heterocycles. The molecule has 4 rings (SSSR count). The van der Waals surface area contributed by atoms with Gasteiger partial charge < -0.3 is 0 Å². The predicted octanol–water partition coefficient (Wildman–Crippen LogP) is 3.77. The van der Waals surface area contributed by atoms with Gasteiger partial charge in [-0.25, -0.2) is 14.5 Å². The molecule has 0 aliphatic carbocycles. The fourth-order valence-corrected chi connectivity index (χ4v) is 2.50. The Bertz CT molecular complexity index is 927. The smallest absolute Gasteiger partial charge is 0.214 e. The van der Waals surface area contributed by atoms with Gasteiger partial charge in [-0.3, -0.25) is 0 Å². The lowest BCUT2D eigenvalue weighted by molar-refractivity contribution is 0.893. The number of rotatable bonds is 2. The van der Waals surface area contributed by atoms with Gasteiger partial charge in [0.15, 0.2) is 0 Å². The van der Waals surface area contributed by atoms with E-state index in [4.69, 9.17) is 0 Å². The van der Waals surface area contributed by atoms with Gasteiger partial charge in [0.05, 0.1) is 17.6 Å². The minimum absolute atomic E-state index is 0.621. The summed E-state index contributed by atoms with van der Waals surface area (Å²) in [6.07, 6.45) is 1.92. The van der Waals surface area contributed by atoms with Crippen molar-refractivity contribution in [1.29, 1.82) is 0 Å². The second-order valence-corrected chi connectivity index (χ2v) is 5.15. The van der Waals surface area contributed by atoms with E-state index in [1.54, 1.807) is 4.52 Å². The molecule has 0 aliphatic rings. The van der Waals surface area contributed by atoms with Gasteiger partial charge in [-0.05, 0) is 6.92 Å². The van der Waals surface area contributed by atoms with Crippen molar-refractivity contribution in [3.63, 3.8) is 0 Å². The highest BCUT2D eigenvalue weighted by Gasteiger charge is 2.11. The van der Waals surface area contributed by atoms with Crippen LogP contribution in [0.5, 0.6) is 0 Å². The molecule has 4 heteroatoms. The van der Waals surface area contributed by atoms with Crippen LogP contribution in [-0.2, 0) is 0 Å². The van der Waals surface area contributed by atoms with E-state index in [0.29, 0.717) is 5.78 Å². The Balaban J connectivity index is 1.88. The van der Waals surface area contributed by atoms with Crippen molar-refractivity contribution in [3.05, 3.63) is 72.6 Å².